The summed E-state index contributed by atoms with van der Waals surface area (Å²) in [5.41, 5.74) is 0.573. The lowest BCUT2D eigenvalue weighted by Crippen LogP contribution is -2.33. The summed E-state index contributed by atoms with van der Waals surface area (Å²) in [5, 5.41) is 6.41. The van der Waals surface area contributed by atoms with E-state index in [9.17, 15) is 4.79 Å². The molecule has 2 N–H and O–H groups in total. The van der Waals surface area contributed by atoms with E-state index in [1.165, 1.54) is 0 Å². The Kier molecular flexibility index (Phi) is 7.82. The van der Waals surface area contributed by atoms with Gasteiger partial charge in [0.15, 0.2) is 0 Å². The van der Waals surface area contributed by atoms with Crippen molar-refractivity contribution in [3.8, 4) is 5.75 Å². The number of carbonyl (C=O) groups is 1. The zero-order valence-electron chi connectivity index (χ0n) is 11.9. The molecular weight excluding hydrogens is 315 g/mol. The third kappa shape index (κ3) is 5.71. The average Bonchev–Trinajstić information content (AvgIpc) is 2.92. The SMILES string of the molecule is COc1ccc(Cl)cc1NC(=O)CNCC1CCCO1.Cl. The van der Waals surface area contributed by atoms with Crippen molar-refractivity contribution in [2.45, 2.75) is 18.9 Å². The van der Waals surface area contributed by atoms with Crippen molar-refractivity contribution in [2.75, 3.05) is 32.1 Å². The highest BCUT2D eigenvalue weighted by Crippen LogP contribution is 2.27. The van der Waals surface area contributed by atoms with Gasteiger partial charge in [-0.1, -0.05) is 11.6 Å². The Morgan fingerprint density at radius 3 is 3.00 bits per heavy atom. The molecule has 0 aliphatic carbocycles. The summed E-state index contributed by atoms with van der Waals surface area (Å²) in [6, 6.07) is 5.10. The number of amides is 1. The van der Waals surface area contributed by atoms with Crippen molar-refractivity contribution in [1.82, 2.24) is 5.32 Å². The maximum Gasteiger partial charge on any atom is 0.238 e. The summed E-state index contributed by atoms with van der Waals surface area (Å²) in [6.07, 6.45) is 2.37. The summed E-state index contributed by atoms with van der Waals surface area (Å²) < 4.78 is 10.6. The first-order chi connectivity index (χ1) is 9.69. The van der Waals surface area contributed by atoms with Crippen LogP contribution in [0, 0.1) is 0 Å². The summed E-state index contributed by atoms with van der Waals surface area (Å²) in [6.45, 7) is 1.74. The van der Waals surface area contributed by atoms with E-state index in [1.54, 1.807) is 25.3 Å². The van der Waals surface area contributed by atoms with Crippen LogP contribution in [0.1, 0.15) is 12.8 Å². The van der Waals surface area contributed by atoms with Crippen LogP contribution < -0.4 is 15.4 Å². The van der Waals surface area contributed by atoms with Crippen molar-refractivity contribution < 1.29 is 14.3 Å². The first-order valence-electron chi connectivity index (χ1n) is 6.65. The molecule has 1 aliphatic rings. The summed E-state index contributed by atoms with van der Waals surface area (Å²) in [7, 11) is 1.55. The van der Waals surface area contributed by atoms with Crippen molar-refractivity contribution in [2.24, 2.45) is 0 Å². The van der Waals surface area contributed by atoms with Crippen LogP contribution in [-0.4, -0.2) is 38.8 Å². The van der Waals surface area contributed by atoms with Gasteiger partial charge in [0.05, 0.1) is 25.4 Å². The maximum atomic E-state index is 11.9. The topological polar surface area (TPSA) is 59.6 Å². The molecule has 0 bridgehead atoms. The molecular formula is C14H20Cl2N2O3. The number of halogens is 2. The van der Waals surface area contributed by atoms with Gasteiger partial charge in [0.2, 0.25) is 5.91 Å². The number of methoxy groups -OCH3 is 1. The number of carbonyl (C=O) groups excluding carboxylic acids is 1. The van der Waals surface area contributed by atoms with Gasteiger partial charge in [-0.2, -0.15) is 0 Å². The van der Waals surface area contributed by atoms with Gasteiger partial charge in [0.1, 0.15) is 5.75 Å². The van der Waals surface area contributed by atoms with E-state index >= 15 is 0 Å². The van der Waals surface area contributed by atoms with Crippen molar-refractivity contribution >= 4 is 35.6 Å². The fourth-order valence-corrected chi connectivity index (χ4v) is 2.30. The first kappa shape index (κ1) is 18.0. The van der Waals surface area contributed by atoms with E-state index < -0.39 is 0 Å². The lowest BCUT2D eigenvalue weighted by Gasteiger charge is -2.12. The third-order valence-corrected chi connectivity index (χ3v) is 3.35. The Bertz CT molecular complexity index is 466. The van der Waals surface area contributed by atoms with Crippen LogP contribution in [0.4, 0.5) is 5.69 Å². The fraction of sp³-hybridized carbons (Fsp3) is 0.500. The molecule has 1 fully saturated rings. The van der Waals surface area contributed by atoms with Crippen LogP contribution in [0.2, 0.25) is 5.02 Å². The Labute approximate surface area is 135 Å². The van der Waals surface area contributed by atoms with E-state index in [2.05, 4.69) is 10.6 Å². The van der Waals surface area contributed by atoms with Gasteiger partial charge in [-0.25, -0.2) is 0 Å². The van der Waals surface area contributed by atoms with E-state index in [0.717, 1.165) is 19.4 Å². The van der Waals surface area contributed by atoms with E-state index in [1.807, 2.05) is 0 Å². The first-order valence-corrected chi connectivity index (χ1v) is 7.02. The molecule has 118 valence electrons. The van der Waals surface area contributed by atoms with Gasteiger partial charge in [0, 0.05) is 18.2 Å². The smallest absolute Gasteiger partial charge is 0.238 e. The minimum absolute atomic E-state index is 0. The highest BCUT2D eigenvalue weighted by molar-refractivity contribution is 6.31. The number of hydrogen-bond donors (Lipinski definition) is 2. The molecule has 5 nitrogen and oxygen atoms in total. The summed E-state index contributed by atoms with van der Waals surface area (Å²) in [4.78, 5) is 11.9. The Hall–Kier alpha value is -1.01. The molecule has 1 aromatic carbocycles. The van der Waals surface area contributed by atoms with Crippen molar-refractivity contribution in [1.29, 1.82) is 0 Å². The lowest BCUT2D eigenvalue weighted by molar-refractivity contribution is -0.115. The average molecular weight is 335 g/mol. The highest BCUT2D eigenvalue weighted by Gasteiger charge is 2.15. The third-order valence-electron chi connectivity index (χ3n) is 3.12. The molecule has 0 spiro atoms. The number of anilines is 1. The number of hydrogen-bond acceptors (Lipinski definition) is 4. The molecule has 1 heterocycles. The molecule has 1 unspecified atom stereocenters. The minimum Gasteiger partial charge on any atom is -0.495 e. The fourth-order valence-electron chi connectivity index (χ4n) is 2.12. The lowest BCUT2D eigenvalue weighted by atomic mass is 10.2. The van der Waals surface area contributed by atoms with Gasteiger partial charge in [-0.05, 0) is 31.0 Å². The molecule has 1 aliphatic heterocycles. The molecule has 0 aromatic heterocycles. The molecule has 2 rings (SSSR count). The second-order valence-electron chi connectivity index (χ2n) is 4.66. The van der Waals surface area contributed by atoms with Gasteiger partial charge in [0.25, 0.3) is 0 Å². The largest absolute Gasteiger partial charge is 0.495 e. The zero-order valence-corrected chi connectivity index (χ0v) is 13.4. The maximum absolute atomic E-state index is 11.9. The van der Waals surface area contributed by atoms with Gasteiger partial charge in [-0.3, -0.25) is 4.79 Å². The molecule has 1 atom stereocenters. The monoisotopic (exact) mass is 334 g/mol. The molecule has 21 heavy (non-hydrogen) atoms. The predicted molar refractivity (Wildman–Crippen MR) is 85.7 cm³/mol. The minimum atomic E-state index is -0.136. The number of nitrogens with one attached hydrogen (secondary N) is 2. The Morgan fingerprint density at radius 1 is 1.52 bits per heavy atom. The molecule has 0 radical (unpaired) electrons. The van der Waals surface area contributed by atoms with E-state index in [0.29, 0.717) is 23.0 Å². The van der Waals surface area contributed by atoms with Crippen LogP contribution in [-0.2, 0) is 9.53 Å². The molecule has 1 amide bonds. The zero-order chi connectivity index (χ0) is 14.4. The summed E-state index contributed by atoms with van der Waals surface area (Å²) >= 11 is 5.91. The van der Waals surface area contributed by atoms with E-state index in [-0.39, 0.29) is 31.0 Å². The molecule has 1 aromatic rings. The number of benzene rings is 1. The van der Waals surface area contributed by atoms with Crippen LogP contribution >= 0.6 is 24.0 Å². The molecule has 0 saturated carbocycles. The Morgan fingerprint density at radius 2 is 2.33 bits per heavy atom. The van der Waals surface area contributed by atoms with Gasteiger partial charge >= 0.3 is 0 Å². The standard InChI is InChI=1S/C14H19ClN2O3.ClH/c1-19-13-5-4-10(15)7-12(13)17-14(18)9-16-8-11-3-2-6-20-11;/h4-5,7,11,16H,2-3,6,8-9H2,1H3,(H,17,18);1H. The number of ether oxygens (including phenoxy) is 2. The van der Waals surface area contributed by atoms with Crippen molar-refractivity contribution in [3.05, 3.63) is 23.2 Å². The Balaban J connectivity index is 0.00000220. The summed E-state index contributed by atoms with van der Waals surface area (Å²) in [5.74, 6) is 0.449. The van der Waals surface area contributed by atoms with Crippen LogP contribution in [0.3, 0.4) is 0 Å². The van der Waals surface area contributed by atoms with Gasteiger partial charge in [-0.15, -0.1) is 12.4 Å². The molecule has 1 saturated heterocycles. The molecule has 7 heteroatoms. The normalized spacial score (nSPS) is 17.1. The van der Waals surface area contributed by atoms with Crippen LogP contribution in [0.5, 0.6) is 5.75 Å². The highest BCUT2D eigenvalue weighted by atomic mass is 35.5. The quantitative estimate of drug-likeness (QED) is 0.839. The van der Waals surface area contributed by atoms with Crippen LogP contribution in [0.15, 0.2) is 18.2 Å². The van der Waals surface area contributed by atoms with Crippen molar-refractivity contribution in [3.63, 3.8) is 0 Å². The number of rotatable bonds is 6. The predicted octanol–water partition coefficient (Wildman–Crippen LogP) is 2.48. The van der Waals surface area contributed by atoms with E-state index in [4.69, 9.17) is 21.1 Å². The second-order valence-corrected chi connectivity index (χ2v) is 5.10. The van der Waals surface area contributed by atoms with Gasteiger partial charge < -0.3 is 20.1 Å². The van der Waals surface area contributed by atoms with Crippen LogP contribution in [0.25, 0.3) is 0 Å². The second kappa shape index (κ2) is 9.10.